The number of nitrogens with zero attached hydrogens (tertiary/aromatic N) is 1. The number of esters is 1. The normalized spacial score (nSPS) is 14.3. The van der Waals surface area contributed by atoms with Gasteiger partial charge < -0.3 is 10.1 Å². The van der Waals surface area contributed by atoms with Crippen LogP contribution in [0.2, 0.25) is 0 Å². The van der Waals surface area contributed by atoms with E-state index in [4.69, 9.17) is 0 Å². The molecule has 1 aromatic rings. The second-order valence-electron chi connectivity index (χ2n) is 4.16. The summed E-state index contributed by atoms with van der Waals surface area (Å²) in [5.41, 5.74) is 3.67. The summed E-state index contributed by atoms with van der Waals surface area (Å²) in [5, 5.41) is 8.11. The number of hydrogen-bond donors (Lipinski definition) is 2. The molecule has 2 rings (SSSR count). The lowest BCUT2D eigenvalue weighted by atomic mass is 10.1. The lowest BCUT2D eigenvalue weighted by Gasteiger charge is -2.12. The molecule has 8 heteroatoms. The van der Waals surface area contributed by atoms with Crippen LogP contribution in [0, 0.1) is 6.92 Å². The first-order valence-electron chi connectivity index (χ1n) is 5.86. The molecule has 2 N–H and O–H groups in total. The van der Waals surface area contributed by atoms with E-state index < -0.39 is 11.9 Å². The van der Waals surface area contributed by atoms with Crippen molar-refractivity contribution >= 4 is 40.5 Å². The van der Waals surface area contributed by atoms with Crippen molar-refractivity contribution in [1.29, 1.82) is 0 Å². The van der Waals surface area contributed by atoms with Gasteiger partial charge in [-0.05, 0) is 17.9 Å². The van der Waals surface area contributed by atoms with Gasteiger partial charge in [0.05, 0.1) is 12.8 Å². The van der Waals surface area contributed by atoms with Crippen molar-refractivity contribution in [2.75, 3.05) is 12.4 Å². The monoisotopic (exact) mass is 295 g/mol. The number of ether oxygens (including phenoxy) is 1. The molecule has 2 amide bonds. The molecular formula is C12H13N3O4S. The highest BCUT2D eigenvalue weighted by atomic mass is 32.1. The molecule has 1 aliphatic heterocycles. The largest absolute Gasteiger partial charge is 0.465 e. The van der Waals surface area contributed by atoms with Gasteiger partial charge in [0.15, 0.2) is 0 Å². The number of carbonyl (C=O) groups excluding carboxylic acids is 3. The third-order valence-corrected chi connectivity index (χ3v) is 3.83. The highest BCUT2D eigenvalue weighted by Crippen LogP contribution is 2.28. The molecule has 0 fully saturated rings. The Morgan fingerprint density at radius 3 is 2.80 bits per heavy atom. The molecule has 2 heterocycles. The van der Waals surface area contributed by atoms with Crippen molar-refractivity contribution in [2.45, 2.75) is 19.8 Å². The minimum atomic E-state index is -0.503. The van der Waals surface area contributed by atoms with Gasteiger partial charge in [0.25, 0.3) is 5.91 Å². The number of rotatable bonds is 3. The number of carbonyl (C=O) groups is 3. The highest BCUT2D eigenvalue weighted by Gasteiger charge is 2.23. The van der Waals surface area contributed by atoms with Crippen molar-refractivity contribution < 1.29 is 19.1 Å². The van der Waals surface area contributed by atoms with Crippen molar-refractivity contribution in [3.05, 3.63) is 15.8 Å². The lowest BCUT2D eigenvalue weighted by Crippen LogP contribution is -2.33. The first kappa shape index (κ1) is 14.2. The first-order chi connectivity index (χ1) is 9.52. The molecule has 0 spiro atoms. The minimum Gasteiger partial charge on any atom is -0.465 e. The summed E-state index contributed by atoms with van der Waals surface area (Å²) in [4.78, 5) is 35.0. The molecule has 0 atom stereocenters. The zero-order chi connectivity index (χ0) is 14.7. The van der Waals surface area contributed by atoms with Gasteiger partial charge in [0.1, 0.15) is 10.6 Å². The molecule has 20 heavy (non-hydrogen) atoms. The molecule has 0 aliphatic carbocycles. The van der Waals surface area contributed by atoms with Crippen molar-refractivity contribution in [3.63, 3.8) is 0 Å². The predicted molar refractivity (Wildman–Crippen MR) is 73.8 cm³/mol. The van der Waals surface area contributed by atoms with Crippen LogP contribution in [0.3, 0.4) is 0 Å². The van der Waals surface area contributed by atoms with E-state index in [0.29, 0.717) is 10.6 Å². The molecule has 0 saturated heterocycles. The molecule has 1 aliphatic rings. The van der Waals surface area contributed by atoms with Crippen LogP contribution in [0.4, 0.5) is 5.69 Å². The molecule has 1 aromatic heterocycles. The quantitative estimate of drug-likeness (QED) is 0.814. The molecule has 0 aromatic carbocycles. The zero-order valence-electron chi connectivity index (χ0n) is 11.0. The van der Waals surface area contributed by atoms with E-state index in [-0.39, 0.29) is 24.5 Å². The van der Waals surface area contributed by atoms with E-state index in [1.807, 2.05) is 0 Å². The summed E-state index contributed by atoms with van der Waals surface area (Å²) in [6.45, 7) is 1.78. The summed E-state index contributed by atoms with van der Waals surface area (Å²) in [6, 6.07) is 0. The maximum atomic E-state index is 12.0. The van der Waals surface area contributed by atoms with Gasteiger partial charge in [0.2, 0.25) is 5.91 Å². The third-order valence-electron chi connectivity index (χ3n) is 2.75. The molecule has 106 valence electrons. The third kappa shape index (κ3) is 2.85. The maximum absolute atomic E-state index is 12.0. The Morgan fingerprint density at radius 1 is 1.45 bits per heavy atom. The fraction of sp³-hybridized carbons (Fsp3) is 0.333. The van der Waals surface area contributed by atoms with Gasteiger partial charge in [-0.15, -0.1) is 11.3 Å². The van der Waals surface area contributed by atoms with Gasteiger partial charge in [0, 0.05) is 12.8 Å². The van der Waals surface area contributed by atoms with E-state index in [1.165, 1.54) is 18.4 Å². The SMILES string of the molecule is COC(=O)c1scc(C)c1NC(=O)C1=NNC(=O)CC1. The van der Waals surface area contributed by atoms with Gasteiger partial charge in [-0.2, -0.15) is 5.10 Å². The Labute approximate surface area is 119 Å². The van der Waals surface area contributed by atoms with Crippen LogP contribution in [-0.2, 0) is 14.3 Å². The number of thiophene rings is 1. The molecule has 0 unspecified atom stereocenters. The van der Waals surface area contributed by atoms with E-state index in [9.17, 15) is 14.4 Å². The van der Waals surface area contributed by atoms with E-state index in [1.54, 1.807) is 12.3 Å². The minimum absolute atomic E-state index is 0.219. The van der Waals surface area contributed by atoms with Crippen LogP contribution < -0.4 is 10.7 Å². The summed E-state index contributed by atoms with van der Waals surface area (Å²) in [5.74, 6) is -1.16. The van der Waals surface area contributed by atoms with Crippen LogP contribution in [-0.4, -0.2) is 30.6 Å². The fourth-order valence-electron chi connectivity index (χ4n) is 1.67. The van der Waals surface area contributed by atoms with E-state index in [0.717, 1.165) is 5.56 Å². The fourth-order valence-corrected chi connectivity index (χ4v) is 2.59. The zero-order valence-corrected chi connectivity index (χ0v) is 11.8. The number of aryl methyl sites for hydroxylation is 1. The van der Waals surface area contributed by atoms with Gasteiger partial charge in [-0.3, -0.25) is 9.59 Å². The van der Waals surface area contributed by atoms with Crippen molar-refractivity contribution in [3.8, 4) is 0 Å². The van der Waals surface area contributed by atoms with Crippen LogP contribution >= 0.6 is 11.3 Å². The highest BCUT2D eigenvalue weighted by molar-refractivity contribution is 7.12. The number of amides is 2. The average molecular weight is 295 g/mol. The molecule has 0 radical (unpaired) electrons. The van der Waals surface area contributed by atoms with E-state index >= 15 is 0 Å². The van der Waals surface area contributed by atoms with E-state index in [2.05, 4.69) is 20.6 Å². The maximum Gasteiger partial charge on any atom is 0.350 e. The number of nitrogens with one attached hydrogen (secondary N) is 2. The number of anilines is 1. The molecule has 0 saturated carbocycles. The standard InChI is InChI=1S/C12H13N3O4S/c1-6-5-20-10(12(18)19-2)9(6)13-11(17)7-3-4-8(16)15-14-7/h5H,3-4H2,1-2H3,(H,13,17)(H,15,16). The average Bonchev–Trinajstić information content (AvgIpc) is 2.80. The first-order valence-corrected chi connectivity index (χ1v) is 6.74. The Kier molecular flexibility index (Phi) is 4.14. The number of hydrazone groups is 1. The Bertz CT molecular complexity index is 606. The van der Waals surface area contributed by atoms with Crippen molar-refractivity contribution in [1.82, 2.24) is 5.43 Å². The Balaban J connectivity index is 2.18. The smallest absolute Gasteiger partial charge is 0.350 e. The Hall–Kier alpha value is -2.22. The van der Waals surface area contributed by atoms with Gasteiger partial charge in [-0.25, -0.2) is 10.2 Å². The lowest BCUT2D eigenvalue weighted by molar-refractivity contribution is -0.121. The molecule has 7 nitrogen and oxygen atoms in total. The number of methoxy groups -OCH3 is 1. The second kappa shape index (κ2) is 5.83. The molecular weight excluding hydrogens is 282 g/mol. The van der Waals surface area contributed by atoms with Crippen LogP contribution in [0.15, 0.2) is 10.5 Å². The number of hydrogen-bond acceptors (Lipinski definition) is 6. The Morgan fingerprint density at radius 2 is 2.20 bits per heavy atom. The second-order valence-corrected chi connectivity index (χ2v) is 5.04. The predicted octanol–water partition coefficient (Wildman–Crippen LogP) is 1.05. The topological polar surface area (TPSA) is 96.9 Å². The van der Waals surface area contributed by atoms with Crippen LogP contribution in [0.25, 0.3) is 0 Å². The van der Waals surface area contributed by atoms with Crippen LogP contribution in [0.1, 0.15) is 28.1 Å². The molecule has 0 bridgehead atoms. The summed E-state index contributed by atoms with van der Waals surface area (Å²) >= 11 is 1.20. The van der Waals surface area contributed by atoms with Gasteiger partial charge in [-0.1, -0.05) is 0 Å². The van der Waals surface area contributed by atoms with Crippen molar-refractivity contribution in [2.24, 2.45) is 5.10 Å². The summed E-state index contributed by atoms with van der Waals surface area (Å²) in [7, 11) is 1.28. The summed E-state index contributed by atoms with van der Waals surface area (Å²) < 4.78 is 4.66. The van der Waals surface area contributed by atoms with Gasteiger partial charge >= 0.3 is 5.97 Å². The summed E-state index contributed by atoms with van der Waals surface area (Å²) in [6.07, 6.45) is 0.493. The van der Waals surface area contributed by atoms with Crippen LogP contribution in [0.5, 0.6) is 0 Å².